The van der Waals surface area contributed by atoms with Crippen molar-refractivity contribution in [2.75, 3.05) is 0 Å². The summed E-state index contributed by atoms with van der Waals surface area (Å²) >= 11 is 0. The van der Waals surface area contributed by atoms with Crippen LogP contribution in [0, 0.1) is 11.3 Å². The third kappa shape index (κ3) is 3.16. The molecule has 0 aliphatic rings. The van der Waals surface area contributed by atoms with Gasteiger partial charge in [0.05, 0.1) is 11.6 Å². The van der Waals surface area contributed by atoms with Gasteiger partial charge in [-0.15, -0.1) is 0 Å². The molecule has 0 fully saturated rings. The summed E-state index contributed by atoms with van der Waals surface area (Å²) in [6.07, 6.45) is -3.31. The number of azide groups is 1. The molecule has 3 atom stereocenters. The van der Waals surface area contributed by atoms with Gasteiger partial charge in [-0.3, -0.25) is 0 Å². The normalized spacial score (nSPS) is 15.2. The van der Waals surface area contributed by atoms with E-state index in [4.69, 9.17) is 10.8 Å². The van der Waals surface area contributed by atoms with Crippen LogP contribution in [0.15, 0.2) is 29.4 Å². The third-order valence-corrected chi connectivity index (χ3v) is 2.31. The van der Waals surface area contributed by atoms with Crippen molar-refractivity contribution >= 4 is 0 Å². The molecule has 0 spiro atoms. The first-order valence-electron chi connectivity index (χ1n) is 4.92. The van der Waals surface area contributed by atoms with Gasteiger partial charge in [0.15, 0.2) is 0 Å². The molecule has 1 aromatic carbocycles. The molecule has 6 heteroatoms. The standard InChI is InChI=1S/C11H10F2N4/c1-7(12)11(16-17-15)10(13)9-4-2-8(6-14)3-5-9/h2-5,7,10-11H,1H3/t7-,10+,11+/m1/s1. The van der Waals surface area contributed by atoms with E-state index in [1.807, 2.05) is 6.07 Å². The van der Waals surface area contributed by atoms with Crippen molar-refractivity contribution in [2.45, 2.75) is 25.3 Å². The van der Waals surface area contributed by atoms with Crippen LogP contribution in [0.25, 0.3) is 10.4 Å². The summed E-state index contributed by atoms with van der Waals surface area (Å²) in [5.41, 5.74) is 8.82. The molecule has 0 radical (unpaired) electrons. The lowest BCUT2D eigenvalue weighted by Gasteiger charge is -2.17. The van der Waals surface area contributed by atoms with Crippen LogP contribution in [-0.2, 0) is 0 Å². The molecule has 0 N–H and O–H groups in total. The van der Waals surface area contributed by atoms with Gasteiger partial charge in [0.1, 0.15) is 18.4 Å². The van der Waals surface area contributed by atoms with Crippen LogP contribution < -0.4 is 0 Å². The van der Waals surface area contributed by atoms with Crippen molar-refractivity contribution in [1.82, 2.24) is 0 Å². The van der Waals surface area contributed by atoms with Crippen molar-refractivity contribution in [1.29, 1.82) is 5.26 Å². The molecular formula is C11H10F2N4. The SMILES string of the molecule is C[C@@H](F)[C@H](N=[N+]=[N-])[C@@H](F)c1ccc(C#N)cc1. The summed E-state index contributed by atoms with van der Waals surface area (Å²) < 4.78 is 27.0. The Balaban J connectivity index is 2.97. The summed E-state index contributed by atoms with van der Waals surface area (Å²) in [6.45, 7) is 1.13. The maximum Gasteiger partial charge on any atom is 0.136 e. The number of rotatable bonds is 4. The van der Waals surface area contributed by atoms with Crippen LogP contribution in [0.2, 0.25) is 0 Å². The van der Waals surface area contributed by atoms with Gasteiger partial charge in [-0.2, -0.15) is 5.26 Å². The van der Waals surface area contributed by atoms with E-state index in [-0.39, 0.29) is 5.56 Å². The lowest BCUT2D eigenvalue weighted by Crippen LogP contribution is -2.22. The third-order valence-electron chi connectivity index (χ3n) is 2.31. The highest BCUT2D eigenvalue weighted by atomic mass is 19.1. The summed E-state index contributed by atoms with van der Waals surface area (Å²) in [4.78, 5) is 2.43. The molecule has 0 aliphatic carbocycles. The molecule has 4 nitrogen and oxygen atoms in total. The number of alkyl halides is 2. The summed E-state index contributed by atoms with van der Waals surface area (Å²) in [5.74, 6) is 0. The maximum atomic E-state index is 13.9. The second kappa shape index (κ2) is 5.83. The predicted octanol–water partition coefficient (Wildman–Crippen LogP) is 3.61. The van der Waals surface area contributed by atoms with Crippen molar-refractivity contribution in [3.8, 4) is 6.07 Å². The van der Waals surface area contributed by atoms with Gasteiger partial charge in [-0.25, -0.2) is 8.78 Å². The van der Waals surface area contributed by atoms with Crippen LogP contribution in [0.3, 0.4) is 0 Å². The van der Waals surface area contributed by atoms with E-state index in [0.29, 0.717) is 5.56 Å². The molecule has 0 amide bonds. The first-order chi connectivity index (χ1) is 8.10. The Bertz CT molecular complexity index is 457. The number of nitrogens with zero attached hydrogens (tertiary/aromatic N) is 4. The van der Waals surface area contributed by atoms with Gasteiger partial charge < -0.3 is 0 Å². The fraction of sp³-hybridized carbons (Fsp3) is 0.364. The smallest absolute Gasteiger partial charge is 0.136 e. The molecule has 0 saturated heterocycles. The fourth-order valence-electron chi connectivity index (χ4n) is 1.38. The number of benzene rings is 1. The van der Waals surface area contributed by atoms with Crippen LogP contribution in [0.1, 0.15) is 24.2 Å². The van der Waals surface area contributed by atoms with E-state index in [1.165, 1.54) is 24.3 Å². The molecule has 17 heavy (non-hydrogen) atoms. The average Bonchev–Trinajstić information content (AvgIpc) is 2.35. The molecule has 1 aromatic rings. The van der Waals surface area contributed by atoms with Crippen molar-refractivity contribution in [3.05, 3.63) is 45.8 Å². The number of hydrogen-bond donors (Lipinski definition) is 0. The summed E-state index contributed by atoms with van der Waals surface area (Å²) in [6, 6.07) is 6.11. The molecule has 88 valence electrons. The van der Waals surface area contributed by atoms with Gasteiger partial charge in [0.25, 0.3) is 0 Å². The Morgan fingerprint density at radius 1 is 1.35 bits per heavy atom. The minimum absolute atomic E-state index is 0.186. The first-order valence-corrected chi connectivity index (χ1v) is 4.92. The van der Waals surface area contributed by atoms with Crippen molar-refractivity contribution < 1.29 is 8.78 Å². The Morgan fingerprint density at radius 2 is 1.94 bits per heavy atom. The van der Waals surface area contributed by atoms with Crippen LogP contribution in [0.4, 0.5) is 8.78 Å². The zero-order valence-corrected chi connectivity index (χ0v) is 9.09. The van der Waals surface area contributed by atoms with Gasteiger partial charge in [-0.1, -0.05) is 17.2 Å². The van der Waals surface area contributed by atoms with E-state index in [1.54, 1.807) is 0 Å². The molecular weight excluding hydrogens is 226 g/mol. The van der Waals surface area contributed by atoms with Crippen molar-refractivity contribution in [3.63, 3.8) is 0 Å². The van der Waals surface area contributed by atoms with E-state index in [9.17, 15) is 8.78 Å². The molecule has 0 aliphatic heterocycles. The molecule has 0 saturated carbocycles. The highest BCUT2D eigenvalue weighted by Crippen LogP contribution is 2.27. The topological polar surface area (TPSA) is 72.6 Å². The number of nitriles is 1. The molecule has 0 heterocycles. The van der Waals surface area contributed by atoms with Crippen LogP contribution in [-0.4, -0.2) is 12.2 Å². The Hall–Kier alpha value is -2.12. The monoisotopic (exact) mass is 236 g/mol. The fourth-order valence-corrected chi connectivity index (χ4v) is 1.38. The highest BCUT2D eigenvalue weighted by molar-refractivity contribution is 5.33. The lowest BCUT2D eigenvalue weighted by atomic mass is 10.0. The lowest BCUT2D eigenvalue weighted by molar-refractivity contribution is 0.196. The number of hydrogen-bond acceptors (Lipinski definition) is 2. The minimum atomic E-state index is -1.72. The predicted molar refractivity (Wildman–Crippen MR) is 58.5 cm³/mol. The van der Waals surface area contributed by atoms with E-state index < -0.39 is 18.4 Å². The van der Waals surface area contributed by atoms with E-state index in [2.05, 4.69) is 10.0 Å². The summed E-state index contributed by atoms with van der Waals surface area (Å²) in [7, 11) is 0. The van der Waals surface area contributed by atoms with Crippen LogP contribution >= 0.6 is 0 Å². The Morgan fingerprint density at radius 3 is 2.35 bits per heavy atom. The summed E-state index contributed by atoms with van der Waals surface area (Å²) in [5, 5.41) is 11.7. The second-order valence-electron chi connectivity index (χ2n) is 3.51. The zero-order valence-electron chi connectivity index (χ0n) is 9.09. The molecule has 0 unspecified atom stereocenters. The average molecular weight is 236 g/mol. The van der Waals surface area contributed by atoms with E-state index in [0.717, 1.165) is 6.92 Å². The van der Waals surface area contributed by atoms with Crippen molar-refractivity contribution in [2.24, 2.45) is 5.11 Å². The van der Waals surface area contributed by atoms with E-state index >= 15 is 0 Å². The second-order valence-corrected chi connectivity index (χ2v) is 3.51. The van der Waals surface area contributed by atoms with Crippen LogP contribution in [0.5, 0.6) is 0 Å². The minimum Gasteiger partial charge on any atom is -0.247 e. The van der Waals surface area contributed by atoms with Gasteiger partial charge >= 0.3 is 0 Å². The largest absolute Gasteiger partial charge is 0.247 e. The Kier molecular flexibility index (Phi) is 4.44. The highest BCUT2D eigenvalue weighted by Gasteiger charge is 2.27. The maximum absolute atomic E-state index is 13.9. The first kappa shape index (κ1) is 12.9. The number of halogens is 2. The van der Waals surface area contributed by atoms with Gasteiger partial charge in [-0.05, 0) is 30.2 Å². The quantitative estimate of drug-likeness (QED) is 0.447. The van der Waals surface area contributed by atoms with Gasteiger partial charge in [0, 0.05) is 4.91 Å². The Labute approximate surface area is 97.1 Å². The van der Waals surface area contributed by atoms with Gasteiger partial charge in [0.2, 0.25) is 0 Å². The molecule has 1 rings (SSSR count). The molecule has 0 bridgehead atoms. The molecule has 0 aromatic heterocycles. The zero-order chi connectivity index (χ0) is 12.8.